The molecule has 8 amide bonds. The van der Waals surface area contributed by atoms with Gasteiger partial charge >= 0.3 is 0 Å². The number of nitrogens with zero attached hydrogens (tertiary/aromatic N) is 4. The first-order chi connectivity index (χ1) is 39.2. The molecule has 2 saturated heterocycles. The molecule has 0 spiro atoms. The van der Waals surface area contributed by atoms with E-state index in [2.05, 4.69) is 59.1 Å². The Kier molecular flexibility index (Phi) is 21.3. The van der Waals surface area contributed by atoms with Crippen LogP contribution in [0.5, 0.6) is 0 Å². The van der Waals surface area contributed by atoms with E-state index in [4.69, 9.17) is 0 Å². The summed E-state index contributed by atoms with van der Waals surface area (Å²) in [6.07, 6.45) is 11.3. The molecule has 4 aromatic rings. The van der Waals surface area contributed by atoms with Gasteiger partial charge in [-0.15, -0.1) is 6.58 Å². The van der Waals surface area contributed by atoms with E-state index >= 15 is 0 Å². The number of nitrogens with one attached hydrogen (secondary N) is 8. The molecular weight excluding hydrogens is 1070 g/mol. The Balaban J connectivity index is 0.903. The highest BCUT2D eigenvalue weighted by Gasteiger charge is 2.43. The van der Waals surface area contributed by atoms with Crippen LogP contribution in [0.2, 0.25) is 0 Å². The molecule has 2 aliphatic carbocycles. The highest BCUT2D eigenvalue weighted by atomic mass is 32.1. The molecule has 81 heavy (non-hydrogen) atoms. The highest BCUT2D eigenvalue weighted by Crippen LogP contribution is 2.37. The second-order valence-corrected chi connectivity index (χ2v) is 23.3. The fourth-order valence-electron chi connectivity index (χ4n) is 11.3. The van der Waals surface area contributed by atoms with Gasteiger partial charge in [-0.2, -0.15) is 0 Å². The molecular formula is C58H76N12O9S2. The van der Waals surface area contributed by atoms with E-state index in [0.29, 0.717) is 66.3 Å². The van der Waals surface area contributed by atoms with Crippen LogP contribution in [0.15, 0.2) is 73.3 Å². The van der Waals surface area contributed by atoms with Crippen molar-refractivity contribution < 1.29 is 43.5 Å². The number of amides is 8. The summed E-state index contributed by atoms with van der Waals surface area (Å²) in [6, 6.07) is 13.6. The van der Waals surface area contributed by atoms with Crippen LogP contribution in [0.3, 0.4) is 0 Å². The fourth-order valence-corrected chi connectivity index (χ4v) is 13.1. The van der Waals surface area contributed by atoms with Gasteiger partial charge in [0.2, 0.25) is 35.4 Å². The smallest absolute Gasteiger partial charge is 0.280 e. The number of carbonyl (C=O) groups is 8. The van der Waals surface area contributed by atoms with Gasteiger partial charge in [-0.25, -0.2) is 9.97 Å². The molecule has 2 aromatic heterocycles. The lowest BCUT2D eigenvalue weighted by atomic mass is 9.83. The monoisotopic (exact) mass is 1150 g/mol. The Morgan fingerprint density at radius 1 is 0.605 bits per heavy atom. The molecule has 1 unspecified atom stereocenters. The van der Waals surface area contributed by atoms with Gasteiger partial charge in [0, 0.05) is 37.3 Å². The summed E-state index contributed by atoms with van der Waals surface area (Å²) in [5, 5.41) is 34.8. The van der Waals surface area contributed by atoms with Crippen LogP contribution in [-0.2, 0) is 28.8 Å². The fraction of sp³-hybridized carbons (Fsp3) is 0.517. The quantitative estimate of drug-likeness (QED) is 0.0451. The lowest BCUT2D eigenvalue weighted by molar-refractivity contribution is -0.142. The van der Waals surface area contributed by atoms with Crippen LogP contribution >= 0.6 is 22.7 Å². The molecule has 23 heteroatoms. The summed E-state index contributed by atoms with van der Waals surface area (Å²) < 4.78 is 0. The number of anilines is 2. The van der Waals surface area contributed by atoms with E-state index in [9.17, 15) is 43.5 Å². The lowest BCUT2D eigenvalue weighted by Gasteiger charge is -2.35. The molecule has 4 fully saturated rings. The first-order valence-electron chi connectivity index (χ1n) is 28.4. The maximum absolute atomic E-state index is 14.4. The number of thiazole rings is 2. The number of aliphatic hydroxyl groups is 1. The molecule has 434 valence electrons. The third-order valence-electron chi connectivity index (χ3n) is 15.9. The molecule has 7 atom stereocenters. The summed E-state index contributed by atoms with van der Waals surface area (Å²) >= 11 is 1.89. The number of aliphatic hydroxyl groups excluding tert-OH is 1. The van der Waals surface area contributed by atoms with Crippen molar-refractivity contribution in [2.45, 2.75) is 139 Å². The van der Waals surface area contributed by atoms with Gasteiger partial charge < -0.3 is 57.4 Å². The second kappa shape index (κ2) is 28.7. The van der Waals surface area contributed by atoms with Crippen LogP contribution in [0.25, 0.3) is 22.5 Å². The molecule has 2 aromatic carbocycles. The Bertz CT molecular complexity index is 2870. The average Bonchev–Trinajstić information content (AvgIpc) is 4.38. The first-order valence-corrected chi connectivity index (χ1v) is 30.0. The number of hydrogen-bond donors (Lipinski definition) is 9. The van der Waals surface area contributed by atoms with Crippen molar-refractivity contribution in [3.05, 3.63) is 83.3 Å². The van der Waals surface area contributed by atoms with E-state index in [1.807, 2.05) is 12.1 Å². The topological polar surface area (TPSA) is 285 Å². The first kappa shape index (κ1) is 60.2. The minimum atomic E-state index is -1.26. The van der Waals surface area contributed by atoms with Gasteiger partial charge in [0.05, 0.1) is 12.1 Å². The summed E-state index contributed by atoms with van der Waals surface area (Å²) in [4.78, 5) is 123. The molecule has 4 aliphatic rings. The minimum absolute atomic E-state index is 0.00337. The number of likely N-dealkylation sites (tertiary alicyclic amines) is 2. The molecule has 8 rings (SSSR count). The van der Waals surface area contributed by atoms with Gasteiger partial charge in [0.15, 0.2) is 10.0 Å². The van der Waals surface area contributed by atoms with Crippen molar-refractivity contribution >= 4 is 79.9 Å². The Morgan fingerprint density at radius 2 is 1.02 bits per heavy atom. The maximum Gasteiger partial charge on any atom is 0.280 e. The molecule has 2 aliphatic heterocycles. The van der Waals surface area contributed by atoms with E-state index in [0.717, 1.165) is 86.9 Å². The van der Waals surface area contributed by atoms with Crippen molar-refractivity contribution in [3.63, 3.8) is 0 Å². The zero-order valence-electron chi connectivity index (χ0n) is 46.3. The summed E-state index contributed by atoms with van der Waals surface area (Å²) in [6.45, 7) is 5.60. The minimum Gasteiger partial charge on any atom is -0.389 e. The highest BCUT2D eigenvalue weighted by molar-refractivity contribution is 7.18. The second-order valence-electron chi connectivity index (χ2n) is 21.3. The van der Waals surface area contributed by atoms with Crippen LogP contribution < -0.4 is 42.5 Å². The van der Waals surface area contributed by atoms with E-state index < -0.39 is 66.0 Å². The average molecular weight is 1150 g/mol. The van der Waals surface area contributed by atoms with E-state index in [-0.39, 0.29) is 63.6 Å². The third kappa shape index (κ3) is 15.0. The molecule has 4 heterocycles. The van der Waals surface area contributed by atoms with Gasteiger partial charge in [0.25, 0.3) is 11.8 Å². The van der Waals surface area contributed by atoms with Crippen molar-refractivity contribution in [2.75, 3.05) is 50.9 Å². The lowest BCUT2D eigenvalue weighted by Crippen LogP contribution is -2.57. The summed E-state index contributed by atoms with van der Waals surface area (Å²) in [5.41, 5.74) is 1.94. The summed E-state index contributed by atoms with van der Waals surface area (Å²) in [7, 11) is 3.33. The number of carbonyl (C=O) groups excluding carboxylic acids is 8. The van der Waals surface area contributed by atoms with E-state index in [1.54, 1.807) is 79.3 Å². The molecule has 9 N–H and O–H groups in total. The predicted octanol–water partition coefficient (Wildman–Crippen LogP) is 4.83. The summed E-state index contributed by atoms with van der Waals surface area (Å²) in [5.74, 6) is -3.54. The Labute approximate surface area is 480 Å². The van der Waals surface area contributed by atoms with Crippen LogP contribution in [0, 0.1) is 11.8 Å². The third-order valence-corrected chi connectivity index (χ3v) is 17.8. The van der Waals surface area contributed by atoms with Gasteiger partial charge in [-0.1, -0.05) is 128 Å². The number of rotatable bonds is 23. The van der Waals surface area contributed by atoms with Crippen molar-refractivity contribution in [2.24, 2.45) is 11.8 Å². The number of aromatic nitrogens is 2. The van der Waals surface area contributed by atoms with Gasteiger partial charge in [-0.3, -0.25) is 38.4 Å². The Hall–Kier alpha value is -6.92. The Morgan fingerprint density at radius 3 is 1.42 bits per heavy atom. The van der Waals surface area contributed by atoms with Gasteiger partial charge in [0.1, 0.15) is 51.6 Å². The maximum atomic E-state index is 14.4. The zero-order valence-corrected chi connectivity index (χ0v) is 47.9. The molecule has 2 saturated carbocycles. The number of benzene rings is 2. The molecule has 0 bridgehead atoms. The molecule has 21 nitrogen and oxygen atoms in total. The van der Waals surface area contributed by atoms with E-state index in [1.165, 1.54) is 6.08 Å². The van der Waals surface area contributed by atoms with Crippen molar-refractivity contribution in [1.29, 1.82) is 0 Å². The van der Waals surface area contributed by atoms with Gasteiger partial charge in [-0.05, 0) is 84.2 Å². The normalized spacial score (nSPS) is 19.6. The largest absolute Gasteiger partial charge is 0.389 e. The molecule has 0 radical (unpaired) electrons. The van der Waals surface area contributed by atoms with Crippen molar-refractivity contribution in [3.8, 4) is 22.5 Å². The number of likely N-dealkylation sites (N-methyl/N-ethyl adjacent to an activating group) is 2. The van der Waals surface area contributed by atoms with Crippen LogP contribution in [0.4, 0.5) is 10.0 Å². The zero-order chi connectivity index (χ0) is 57.6. The standard InChI is InChI=1S/C58H76N12O9S2/c1-5-40(60-4)48(73)64-46(38-26-16-9-17-27-38)58(79)70-31-19-29-42(70)50(75)68-54-44(36-22-12-7-13-23-36)66-56(81-54)52(77)62-33-39(71)32-61-51(76)55-65-43(35-20-10-6-11-21-35)53(80-55)67-49(74)41-28-18-30-69(41)57(78)45(37-24-14-8-15-25-37)63-47(72)34(2)59-3/h5-7,10-13,20-23,34,37-42,45-46,59-60,71H,1,8-9,14-19,24-33H2,2-4H3,(H,61,76)(H,62,77)(H,63,72)(H,64,73)(H,67,74)(H,68,75)/t34-,39?,40-,41-,42-,45-,46-/m0/s1. The SMILES string of the molecule is C=C[C@H](NC)C(=O)N[C@H](C(=O)N1CCC[C@H]1C(=O)Nc1sc(C(=O)NCC(O)CNC(=O)c2nc(-c3ccccc3)c(NC(=O)[C@@H]3CCCN3C(=O)[C@@H](NC(=O)[C@H](C)NC)C3CCCCC3)s2)nc1-c1ccccc1)C1CCCCC1. The van der Waals surface area contributed by atoms with Crippen LogP contribution in [0.1, 0.15) is 116 Å². The van der Waals surface area contributed by atoms with Crippen LogP contribution in [-0.4, -0.2) is 155 Å². The number of hydrogen-bond acceptors (Lipinski definition) is 15. The van der Waals surface area contributed by atoms with Crippen molar-refractivity contribution in [1.82, 2.24) is 51.7 Å². The predicted molar refractivity (Wildman–Crippen MR) is 311 cm³/mol.